The number of nitrogens with zero attached hydrogens (tertiary/aromatic N) is 1. The molecule has 1 saturated heterocycles. The van der Waals surface area contributed by atoms with Crippen molar-refractivity contribution in [3.8, 4) is 5.75 Å². The number of piperidine rings is 1. The van der Waals surface area contributed by atoms with Crippen LogP contribution in [0.5, 0.6) is 5.75 Å². The largest absolute Gasteiger partial charge is 0.496 e. The Morgan fingerprint density at radius 1 is 1.39 bits per heavy atom. The summed E-state index contributed by atoms with van der Waals surface area (Å²) in [5.74, 6) is 1.39. The second-order valence-corrected chi connectivity index (χ2v) is 6.80. The van der Waals surface area contributed by atoms with Crippen molar-refractivity contribution in [1.29, 1.82) is 0 Å². The fraction of sp³-hybridized carbons (Fsp3) is 0.611. The molecule has 23 heavy (non-hydrogen) atoms. The lowest BCUT2D eigenvalue weighted by atomic mass is 9.90. The molecule has 1 aliphatic rings. The third kappa shape index (κ3) is 5.11. The normalized spacial score (nSPS) is 16.5. The molecule has 2 N–H and O–H groups in total. The van der Waals surface area contributed by atoms with E-state index in [0.29, 0.717) is 35.2 Å². The van der Waals surface area contributed by atoms with Crippen LogP contribution >= 0.6 is 11.6 Å². The SMILES string of the molecule is CCCN1CCC(CC(=O)Cc2cc(Cl)c(N)cc2OC)CC1. The van der Waals surface area contributed by atoms with E-state index >= 15 is 0 Å². The van der Waals surface area contributed by atoms with Crippen molar-refractivity contribution in [3.63, 3.8) is 0 Å². The molecule has 1 fully saturated rings. The molecule has 0 saturated carbocycles. The fourth-order valence-electron chi connectivity index (χ4n) is 3.28. The molecule has 0 amide bonds. The van der Waals surface area contributed by atoms with Gasteiger partial charge in [-0.05, 0) is 50.9 Å². The topological polar surface area (TPSA) is 55.6 Å². The van der Waals surface area contributed by atoms with E-state index in [2.05, 4.69) is 11.8 Å². The molecule has 4 nitrogen and oxygen atoms in total. The van der Waals surface area contributed by atoms with Gasteiger partial charge >= 0.3 is 0 Å². The zero-order chi connectivity index (χ0) is 16.8. The molecular formula is C18H27ClN2O2. The molecule has 5 heteroatoms. The number of ketones is 1. The molecular weight excluding hydrogens is 312 g/mol. The number of hydrogen-bond acceptors (Lipinski definition) is 4. The van der Waals surface area contributed by atoms with Crippen molar-refractivity contribution in [2.45, 2.75) is 39.0 Å². The minimum atomic E-state index is 0.248. The summed E-state index contributed by atoms with van der Waals surface area (Å²) in [6.45, 7) is 5.61. The number of carbonyl (C=O) groups is 1. The lowest BCUT2D eigenvalue weighted by Crippen LogP contribution is -2.34. The first kappa shape index (κ1) is 18.1. The van der Waals surface area contributed by atoms with Gasteiger partial charge in [0.25, 0.3) is 0 Å². The maximum atomic E-state index is 12.4. The minimum absolute atomic E-state index is 0.248. The molecule has 0 spiro atoms. The average molecular weight is 339 g/mol. The number of benzene rings is 1. The molecule has 1 aliphatic heterocycles. The monoisotopic (exact) mass is 338 g/mol. The predicted molar refractivity (Wildman–Crippen MR) is 95.2 cm³/mol. The number of hydrogen-bond donors (Lipinski definition) is 1. The highest BCUT2D eigenvalue weighted by atomic mass is 35.5. The molecule has 2 rings (SSSR count). The van der Waals surface area contributed by atoms with Gasteiger partial charge in [-0.3, -0.25) is 4.79 Å². The second-order valence-electron chi connectivity index (χ2n) is 6.39. The van der Waals surface area contributed by atoms with E-state index in [4.69, 9.17) is 22.1 Å². The smallest absolute Gasteiger partial charge is 0.137 e. The van der Waals surface area contributed by atoms with Gasteiger partial charge in [-0.1, -0.05) is 18.5 Å². The summed E-state index contributed by atoms with van der Waals surface area (Å²) in [5.41, 5.74) is 7.08. The lowest BCUT2D eigenvalue weighted by Gasteiger charge is -2.31. The highest BCUT2D eigenvalue weighted by Crippen LogP contribution is 2.30. The van der Waals surface area contributed by atoms with Gasteiger partial charge in [0.05, 0.1) is 17.8 Å². The predicted octanol–water partition coefficient (Wildman–Crippen LogP) is 3.55. The van der Waals surface area contributed by atoms with Crippen LogP contribution in [0.2, 0.25) is 5.02 Å². The van der Waals surface area contributed by atoms with Gasteiger partial charge in [0.2, 0.25) is 0 Å². The van der Waals surface area contributed by atoms with E-state index in [-0.39, 0.29) is 5.78 Å². The molecule has 0 aromatic heterocycles. The molecule has 1 heterocycles. The Bertz CT molecular complexity index is 540. The Morgan fingerprint density at radius 3 is 2.70 bits per heavy atom. The van der Waals surface area contributed by atoms with Crippen LogP contribution in [0.25, 0.3) is 0 Å². The van der Waals surface area contributed by atoms with E-state index in [9.17, 15) is 4.79 Å². The van der Waals surface area contributed by atoms with E-state index < -0.39 is 0 Å². The number of carbonyl (C=O) groups excluding carboxylic acids is 1. The van der Waals surface area contributed by atoms with Gasteiger partial charge < -0.3 is 15.4 Å². The summed E-state index contributed by atoms with van der Waals surface area (Å²) in [4.78, 5) is 14.9. The number of nitrogen functional groups attached to an aromatic ring is 1. The maximum absolute atomic E-state index is 12.4. The second kappa shape index (κ2) is 8.55. The van der Waals surface area contributed by atoms with Gasteiger partial charge in [-0.25, -0.2) is 0 Å². The van der Waals surface area contributed by atoms with Crippen molar-refractivity contribution < 1.29 is 9.53 Å². The average Bonchev–Trinajstić information content (AvgIpc) is 2.53. The maximum Gasteiger partial charge on any atom is 0.137 e. The number of anilines is 1. The molecule has 128 valence electrons. The van der Waals surface area contributed by atoms with Crippen molar-refractivity contribution in [2.24, 2.45) is 5.92 Å². The van der Waals surface area contributed by atoms with Crippen LogP contribution in [0, 0.1) is 5.92 Å². The Kier molecular flexibility index (Phi) is 6.72. The summed E-state index contributed by atoms with van der Waals surface area (Å²) in [6, 6.07) is 3.44. The molecule has 1 aromatic carbocycles. The minimum Gasteiger partial charge on any atom is -0.496 e. The van der Waals surface area contributed by atoms with Crippen LogP contribution in [0.1, 0.15) is 38.2 Å². The van der Waals surface area contributed by atoms with Crippen LogP contribution in [-0.4, -0.2) is 37.4 Å². The molecule has 0 aliphatic carbocycles. The Labute approximate surface area is 143 Å². The van der Waals surface area contributed by atoms with Gasteiger partial charge in [0, 0.05) is 24.5 Å². The highest BCUT2D eigenvalue weighted by molar-refractivity contribution is 6.33. The number of nitrogens with two attached hydrogens (primary N) is 1. The summed E-state index contributed by atoms with van der Waals surface area (Å²) in [7, 11) is 1.58. The van der Waals surface area contributed by atoms with Crippen LogP contribution in [0.4, 0.5) is 5.69 Å². The van der Waals surface area contributed by atoms with E-state index in [1.165, 1.54) is 13.0 Å². The van der Waals surface area contributed by atoms with Gasteiger partial charge in [-0.2, -0.15) is 0 Å². The van der Waals surface area contributed by atoms with Crippen LogP contribution < -0.4 is 10.5 Å². The zero-order valence-corrected chi connectivity index (χ0v) is 14.9. The molecule has 0 atom stereocenters. The van der Waals surface area contributed by atoms with Crippen LogP contribution in [-0.2, 0) is 11.2 Å². The first-order valence-electron chi connectivity index (χ1n) is 8.39. The number of likely N-dealkylation sites (tertiary alicyclic amines) is 1. The van der Waals surface area contributed by atoms with E-state index in [1.807, 2.05) is 0 Å². The summed E-state index contributed by atoms with van der Waals surface area (Å²) >= 11 is 6.07. The molecule has 0 bridgehead atoms. The molecule has 0 unspecified atom stereocenters. The number of ether oxygens (including phenoxy) is 1. The Morgan fingerprint density at radius 2 is 2.09 bits per heavy atom. The Hall–Kier alpha value is -1.26. The third-order valence-electron chi connectivity index (χ3n) is 4.55. The number of rotatable bonds is 7. The fourth-order valence-corrected chi connectivity index (χ4v) is 3.46. The lowest BCUT2D eigenvalue weighted by molar-refractivity contribution is -0.119. The van der Waals surface area contributed by atoms with Gasteiger partial charge in [0.1, 0.15) is 11.5 Å². The van der Waals surface area contributed by atoms with Crippen LogP contribution in [0.3, 0.4) is 0 Å². The van der Waals surface area contributed by atoms with Crippen molar-refractivity contribution >= 4 is 23.1 Å². The van der Waals surface area contributed by atoms with E-state index in [1.54, 1.807) is 19.2 Å². The quantitative estimate of drug-likeness (QED) is 0.772. The van der Waals surface area contributed by atoms with Crippen molar-refractivity contribution in [2.75, 3.05) is 32.5 Å². The van der Waals surface area contributed by atoms with Crippen molar-refractivity contribution in [3.05, 3.63) is 22.7 Å². The van der Waals surface area contributed by atoms with Crippen molar-refractivity contribution in [1.82, 2.24) is 4.90 Å². The zero-order valence-electron chi connectivity index (χ0n) is 14.1. The highest BCUT2D eigenvalue weighted by Gasteiger charge is 2.21. The standard InChI is InChI=1S/C18H27ClN2O2/c1-3-6-21-7-4-13(5-8-21)9-15(22)10-14-11-16(19)17(20)12-18(14)23-2/h11-13H,3-10,20H2,1-2H3. The summed E-state index contributed by atoms with van der Waals surface area (Å²) < 4.78 is 5.32. The first-order valence-corrected chi connectivity index (χ1v) is 8.77. The summed E-state index contributed by atoms with van der Waals surface area (Å²) in [5, 5.41) is 0.474. The molecule has 1 aromatic rings. The van der Waals surface area contributed by atoms with Gasteiger partial charge in [0.15, 0.2) is 0 Å². The molecule has 0 radical (unpaired) electrons. The number of Topliss-reactive ketones (excluding diaryl/α,β-unsaturated/α-hetero) is 1. The summed E-state index contributed by atoms with van der Waals surface area (Å²) in [6.07, 6.45) is 4.43. The van der Waals surface area contributed by atoms with Crippen LogP contribution in [0.15, 0.2) is 12.1 Å². The first-order chi connectivity index (χ1) is 11.0. The van der Waals surface area contributed by atoms with E-state index in [0.717, 1.165) is 31.5 Å². The number of methoxy groups -OCH3 is 1. The Balaban J connectivity index is 1.89. The van der Waals surface area contributed by atoms with Gasteiger partial charge in [-0.15, -0.1) is 0 Å². The third-order valence-corrected chi connectivity index (χ3v) is 4.88. The number of halogens is 1.